The highest BCUT2D eigenvalue weighted by Gasteiger charge is 2.40. The minimum atomic E-state index is -0.686. The summed E-state index contributed by atoms with van der Waals surface area (Å²) in [5, 5.41) is 15.0. The minimum absolute atomic E-state index is 0.0929. The van der Waals surface area contributed by atoms with E-state index in [0.29, 0.717) is 0 Å². The number of nitrogens with two attached hydrogens (primary N) is 1. The van der Waals surface area contributed by atoms with E-state index in [9.17, 15) is 4.79 Å². The van der Waals surface area contributed by atoms with E-state index in [2.05, 4.69) is 10.5 Å². The predicted octanol–water partition coefficient (Wildman–Crippen LogP) is 1.97. The monoisotopic (exact) mass is 275 g/mol. The van der Waals surface area contributed by atoms with E-state index in [4.69, 9.17) is 10.9 Å². The van der Waals surface area contributed by atoms with Crippen LogP contribution in [0, 0.1) is 0 Å². The third-order valence-electron chi connectivity index (χ3n) is 4.11. The first-order chi connectivity index (χ1) is 9.59. The molecule has 108 valence electrons. The molecular formula is C15H21N3O2. The van der Waals surface area contributed by atoms with Crippen LogP contribution in [0.15, 0.2) is 35.5 Å². The first-order valence-corrected chi connectivity index (χ1v) is 6.94. The Morgan fingerprint density at radius 3 is 2.50 bits per heavy atom. The zero-order valence-corrected chi connectivity index (χ0v) is 11.7. The Bertz CT molecular complexity index is 493. The Morgan fingerprint density at radius 1 is 1.35 bits per heavy atom. The van der Waals surface area contributed by atoms with E-state index in [1.54, 1.807) is 0 Å². The van der Waals surface area contributed by atoms with Crippen molar-refractivity contribution >= 4 is 11.7 Å². The smallest absolute Gasteiger partial charge is 0.228 e. The fourth-order valence-electron chi connectivity index (χ4n) is 2.76. The number of rotatable bonds is 4. The van der Waals surface area contributed by atoms with Crippen molar-refractivity contribution in [3.05, 3.63) is 35.9 Å². The van der Waals surface area contributed by atoms with Crippen LogP contribution in [0.4, 0.5) is 0 Å². The average Bonchev–Trinajstić information content (AvgIpc) is 2.96. The Morgan fingerprint density at radius 2 is 1.95 bits per heavy atom. The number of oxime groups is 1. The van der Waals surface area contributed by atoms with E-state index in [0.717, 1.165) is 31.2 Å². The van der Waals surface area contributed by atoms with Gasteiger partial charge in [0.2, 0.25) is 5.91 Å². The Hall–Kier alpha value is -2.04. The molecular weight excluding hydrogens is 254 g/mol. The van der Waals surface area contributed by atoms with Gasteiger partial charge in [-0.05, 0) is 25.3 Å². The summed E-state index contributed by atoms with van der Waals surface area (Å²) >= 11 is 0. The Labute approximate surface area is 118 Å². The summed E-state index contributed by atoms with van der Waals surface area (Å²) in [4.78, 5) is 12.4. The fraction of sp³-hybridized carbons (Fsp3) is 0.467. The molecule has 5 heteroatoms. The third-order valence-corrected chi connectivity index (χ3v) is 4.11. The van der Waals surface area contributed by atoms with E-state index in [1.807, 2.05) is 37.3 Å². The summed E-state index contributed by atoms with van der Waals surface area (Å²) in [6.07, 6.45) is 3.37. The Balaban J connectivity index is 2.13. The van der Waals surface area contributed by atoms with Crippen LogP contribution in [0.5, 0.6) is 0 Å². The van der Waals surface area contributed by atoms with Gasteiger partial charge < -0.3 is 16.3 Å². The lowest BCUT2D eigenvalue weighted by Gasteiger charge is -2.30. The summed E-state index contributed by atoms with van der Waals surface area (Å²) in [6.45, 7) is 1.86. The van der Waals surface area contributed by atoms with Gasteiger partial charge in [0.1, 0.15) is 5.54 Å². The van der Waals surface area contributed by atoms with Crippen molar-refractivity contribution in [1.29, 1.82) is 0 Å². The maximum Gasteiger partial charge on any atom is 0.228 e. The summed E-state index contributed by atoms with van der Waals surface area (Å²) < 4.78 is 0. The molecule has 1 atom stereocenters. The van der Waals surface area contributed by atoms with Crippen LogP contribution in [-0.4, -0.2) is 22.5 Å². The van der Waals surface area contributed by atoms with Gasteiger partial charge in [-0.3, -0.25) is 4.79 Å². The lowest BCUT2D eigenvalue weighted by molar-refractivity contribution is -0.123. The van der Waals surface area contributed by atoms with Crippen LogP contribution in [-0.2, 0) is 4.79 Å². The molecule has 1 aliphatic rings. The quantitative estimate of drug-likeness (QED) is 0.340. The zero-order chi connectivity index (χ0) is 14.6. The highest BCUT2D eigenvalue weighted by molar-refractivity contribution is 5.95. The third kappa shape index (κ3) is 2.76. The number of carbonyl (C=O) groups excluding carboxylic acids is 1. The predicted molar refractivity (Wildman–Crippen MR) is 77.6 cm³/mol. The molecule has 0 radical (unpaired) electrons. The molecule has 0 bridgehead atoms. The van der Waals surface area contributed by atoms with Crippen molar-refractivity contribution in [1.82, 2.24) is 5.32 Å². The summed E-state index contributed by atoms with van der Waals surface area (Å²) in [5.74, 6) is -0.256. The van der Waals surface area contributed by atoms with E-state index < -0.39 is 5.54 Å². The van der Waals surface area contributed by atoms with Gasteiger partial charge >= 0.3 is 0 Å². The molecule has 1 amide bonds. The second kappa shape index (κ2) is 5.94. The molecule has 0 saturated heterocycles. The second-order valence-electron chi connectivity index (χ2n) is 5.40. The molecule has 0 aliphatic heterocycles. The number of amides is 1. The topological polar surface area (TPSA) is 87.7 Å². The highest BCUT2D eigenvalue weighted by Crippen LogP contribution is 2.31. The number of benzene rings is 1. The summed E-state index contributed by atoms with van der Waals surface area (Å²) in [7, 11) is 0. The molecule has 20 heavy (non-hydrogen) atoms. The number of nitrogens with one attached hydrogen (secondary N) is 1. The molecule has 1 aromatic rings. The number of hydrogen-bond donors (Lipinski definition) is 3. The second-order valence-corrected chi connectivity index (χ2v) is 5.40. The largest absolute Gasteiger partial charge is 0.409 e. The van der Waals surface area contributed by atoms with Crippen LogP contribution in [0.25, 0.3) is 0 Å². The molecule has 0 aromatic heterocycles. The lowest BCUT2D eigenvalue weighted by Crippen LogP contribution is -2.56. The average molecular weight is 275 g/mol. The molecule has 1 unspecified atom stereocenters. The number of amidine groups is 1. The van der Waals surface area contributed by atoms with Gasteiger partial charge in [-0.1, -0.05) is 48.3 Å². The van der Waals surface area contributed by atoms with Gasteiger partial charge in [-0.15, -0.1) is 0 Å². The van der Waals surface area contributed by atoms with Gasteiger partial charge in [0.15, 0.2) is 5.84 Å². The summed E-state index contributed by atoms with van der Waals surface area (Å²) in [6, 6.07) is 9.59. The van der Waals surface area contributed by atoms with Crippen LogP contribution < -0.4 is 11.1 Å². The van der Waals surface area contributed by atoms with E-state index in [-0.39, 0.29) is 17.7 Å². The minimum Gasteiger partial charge on any atom is -0.409 e. The number of hydrogen-bond acceptors (Lipinski definition) is 3. The van der Waals surface area contributed by atoms with Gasteiger partial charge in [-0.25, -0.2) is 0 Å². The molecule has 0 heterocycles. The number of nitrogens with zero attached hydrogens (tertiary/aromatic N) is 1. The van der Waals surface area contributed by atoms with Gasteiger partial charge in [-0.2, -0.15) is 0 Å². The first-order valence-electron chi connectivity index (χ1n) is 6.94. The van der Waals surface area contributed by atoms with Crippen molar-refractivity contribution in [2.45, 2.75) is 44.1 Å². The maximum atomic E-state index is 12.4. The van der Waals surface area contributed by atoms with Crippen LogP contribution in [0.2, 0.25) is 0 Å². The number of carbonyl (C=O) groups is 1. The fourth-order valence-corrected chi connectivity index (χ4v) is 2.76. The van der Waals surface area contributed by atoms with Crippen LogP contribution >= 0.6 is 0 Å². The maximum absolute atomic E-state index is 12.4. The first kappa shape index (κ1) is 14.4. The van der Waals surface area contributed by atoms with Crippen molar-refractivity contribution in [2.75, 3.05) is 0 Å². The van der Waals surface area contributed by atoms with E-state index >= 15 is 0 Å². The molecule has 1 aromatic carbocycles. The molecule has 5 nitrogen and oxygen atoms in total. The van der Waals surface area contributed by atoms with Crippen LogP contribution in [0.1, 0.15) is 44.1 Å². The highest BCUT2D eigenvalue weighted by atomic mass is 16.4. The normalized spacial score (nSPS) is 19.6. The van der Waals surface area contributed by atoms with Crippen molar-refractivity contribution in [3.8, 4) is 0 Å². The standard InChI is InChI=1S/C15H21N3O2/c1-11(12-7-3-2-4-8-12)13(19)17-15(14(16)18-20)9-5-6-10-15/h2-4,7-8,11,20H,5-6,9-10H2,1H3,(H2,16,18)(H,17,19). The van der Waals surface area contributed by atoms with E-state index in [1.165, 1.54) is 0 Å². The molecule has 2 rings (SSSR count). The zero-order valence-electron chi connectivity index (χ0n) is 11.7. The van der Waals surface area contributed by atoms with Gasteiger partial charge in [0, 0.05) is 0 Å². The van der Waals surface area contributed by atoms with Crippen LogP contribution in [0.3, 0.4) is 0 Å². The molecule has 1 aliphatic carbocycles. The lowest BCUT2D eigenvalue weighted by atomic mass is 9.93. The molecule has 1 saturated carbocycles. The molecule has 4 N–H and O–H groups in total. The van der Waals surface area contributed by atoms with Gasteiger partial charge in [0.25, 0.3) is 0 Å². The van der Waals surface area contributed by atoms with Gasteiger partial charge in [0.05, 0.1) is 5.92 Å². The van der Waals surface area contributed by atoms with Crippen molar-refractivity contribution < 1.29 is 10.0 Å². The van der Waals surface area contributed by atoms with Crippen molar-refractivity contribution in [3.63, 3.8) is 0 Å². The SMILES string of the molecule is CC(C(=O)NC1(/C(N)=N/O)CCCC1)c1ccccc1. The van der Waals surface area contributed by atoms with Crippen molar-refractivity contribution in [2.24, 2.45) is 10.9 Å². The molecule has 1 fully saturated rings. The Kier molecular flexibility index (Phi) is 4.27. The molecule has 0 spiro atoms. The summed E-state index contributed by atoms with van der Waals surface area (Å²) in [5.41, 5.74) is 6.06.